The number of pyridine rings is 1. The Morgan fingerprint density at radius 2 is 1.72 bits per heavy atom. The number of amides is 1. The Kier molecular flexibility index (Phi) is 8.43. The molecule has 1 amide bonds. The summed E-state index contributed by atoms with van der Waals surface area (Å²) in [5.74, 6) is 0.579. The van der Waals surface area contributed by atoms with Crippen LogP contribution in [0, 0.1) is 0 Å². The lowest BCUT2D eigenvalue weighted by atomic mass is 9.88. The first-order valence-corrected chi connectivity index (χ1v) is 11.2. The summed E-state index contributed by atoms with van der Waals surface area (Å²) < 4.78 is 0. The van der Waals surface area contributed by atoms with Gasteiger partial charge in [0.2, 0.25) is 0 Å². The normalized spacial score (nSPS) is 15.1. The van der Waals surface area contributed by atoms with E-state index in [9.17, 15) is 4.79 Å². The third kappa shape index (κ3) is 5.96. The Morgan fingerprint density at radius 1 is 1.00 bits per heavy atom. The van der Waals surface area contributed by atoms with E-state index in [1.165, 1.54) is 16.7 Å². The first-order chi connectivity index (χ1) is 15.1. The van der Waals surface area contributed by atoms with Crippen molar-refractivity contribution >= 4 is 18.3 Å². The Morgan fingerprint density at radius 3 is 2.44 bits per heavy atom. The predicted molar refractivity (Wildman–Crippen MR) is 132 cm³/mol. The summed E-state index contributed by atoms with van der Waals surface area (Å²) in [5.41, 5.74) is 11.7. The number of nitrogens with zero attached hydrogens (tertiary/aromatic N) is 2. The SMILES string of the molecule is CC(N)c1cccc(C2CCN(C(=O)c3cncc(CCc4ccccc4)c3)CC2)c1.Cl. The van der Waals surface area contributed by atoms with E-state index >= 15 is 0 Å². The van der Waals surface area contributed by atoms with Crippen molar-refractivity contribution in [1.82, 2.24) is 9.88 Å². The molecule has 32 heavy (non-hydrogen) atoms. The summed E-state index contributed by atoms with van der Waals surface area (Å²) in [6.45, 7) is 3.57. The van der Waals surface area contributed by atoms with Crippen LogP contribution in [-0.2, 0) is 12.8 Å². The van der Waals surface area contributed by atoms with Gasteiger partial charge in [0.25, 0.3) is 5.91 Å². The number of nitrogens with two attached hydrogens (primary N) is 1. The van der Waals surface area contributed by atoms with Gasteiger partial charge < -0.3 is 10.6 Å². The molecule has 0 bridgehead atoms. The maximum absolute atomic E-state index is 13.1. The number of carbonyl (C=O) groups is 1. The van der Waals surface area contributed by atoms with Gasteiger partial charge in [-0.3, -0.25) is 9.78 Å². The van der Waals surface area contributed by atoms with E-state index in [1.807, 2.05) is 30.2 Å². The number of rotatable bonds is 6. The molecule has 1 unspecified atom stereocenters. The summed E-state index contributed by atoms with van der Waals surface area (Å²) >= 11 is 0. The van der Waals surface area contributed by atoms with Crippen LogP contribution in [0.2, 0.25) is 0 Å². The van der Waals surface area contributed by atoms with E-state index < -0.39 is 0 Å². The topological polar surface area (TPSA) is 59.2 Å². The smallest absolute Gasteiger partial charge is 0.255 e. The Hall–Kier alpha value is -2.69. The highest BCUT2D eigenvalue weighted by Crippen LogP contribution is 2.30. The zero-order valence-electron chi connectivity index (χ0n) is 18.6. The van der Waals surface area contributed by atoms with Gasteiger partial charge in [0.1, 0.15) is 0 Å². The molecule has 2 heterocycles. The number of hydrogen-bond donors (Lipinski definition) is 1. The molecule has 1 aliphatic heterocycles. The molecule has 0 saturated carbocycles. The second-order valence-electron chi connectivity index (χ2n) is 8.59. The lowest BCUT2D eigenvalue weighted by molar-refractivity contribution is 0.0712. The zero-order chi connectivity index (χ0) is 21.6. The van der Waals surface area contributed by atoms with Crippen molar-refractivity contribution < 1.29 is 4.79 Å². The third-order valence-electron chi connectivity index (χ3n) is 6.28. The lowest BCUT2D eigenvalue weighted by Crippen LogP contribution is -2.38. The van der Waals surface area contributed by atoms with Gasteiger partial charge >= 0.3 is 0 Å². The fourth-order valence-electron chi connectivity index (χ4n) is 4.37. The average molecular weight is 450 g/mol. The molecule has 2 aromatic carbocycles. The van der Waals surface area contributed by atoms with Gasteiger partial charge in [-0.25, -0.2) is 0 Å². The van der Waals surface area contributed by atoms with Crippen LogP contribution in [0.15, 0.2) is 73.1 Å². The van der Waals surface area contributed by atoms with Gasteiger partial charge in [-0.1, -0.05) is 54.6 Å². The second kappa shape index (κ2) is 11.3. The maximum Gasteiger partial charge on any atom is 0.255 e. The predicted octanol–water partition coefficient (Wildman–Crippen LogP) is 5.33. The lowest BCUT2D eigenvalue weighted by Gasteiger charge is -2.32. The summed E-state index contributed by atoms with van der Waals surface area (Å²) in [4.78, 5) is 19.4. The number of carbonyl (C=O) groups excluding carboxylic acids is 1. The molecular formula is C27H32ClN3O. The molecule has 1 saturated heterocycles. The quantitative estimate of drug-likeness (QED) is 0.553. The molecule has 1 atom stereocenters. The van der Waals surface area contributed by atoms with Crippen molar-refractivity contribution in [2.75, 3.05) is 13.1 Å². The van der Waals surface area contributed by atoms with Crippen LogP contribution in [-0.4, -0.2) is 28.9 Å². The molecule has 0 spiro atoms. The molecule has 4 rings (SSSR count). The monoisotopic (exact) mass is 449 g/mol. The molecular weight excluding hydrogens is 418 g/mol. The zero-order valence-corrected chi connectivity index (χ0v) is 19.4. The van der Waals surface area contributed by atoms with Gasteiger partial charge in [0.05, 0.1) is 5.56 Å². The molecule has 4 nitrogen and oxygen atoms in total. The molecule has 2 N–H and O–H groups in total. The summed E-state index contributed by atoms with van der Waals surface area (Å²) in [6, 6.07) is 21.1. The minimum absolute atomic E-state index is 0. The molecule has 3 aromatic rings. The number of likely N-dealkylation sites (tertiary alicyclic amines) is 1. The third-order valence-corrected chi connectivity index (χ3v) is 6.28. The fraction of sp³-hybridized carbons (Fsp3) is 0.333. The van der Waals surface area contributed by atoms with Gasteiger partial charge in [0, 0.05) is 31.5 Å². The average Bonchev–Trinajstić information content (AvgIpc) is 2.83. The van der Waals surface area contributed by atoms with Gasteiger partial charge in [-0.2, -0.15) is 0 Å². The molecule has 1 aliphatic rings. The van der Waals surface area contributed by atoms with Crippen LogP contribution in [0.3, 0.4) is 0 Å². The Bertz CT molecular complexity index is 1010. The van der Waals surface area contributed by atoms with Crippen molar-refractivity contribution in [3.05, 3.63) is 101 Å². The van der Waals surface area contributed by atoms with E-state index in [0.29, 0.717) is 11.5 Å². The first kappa shape index (κ1) is 24.0. The Labute approximate surface area is 197 Å². The van der Waals surface area contributed by atoms with E-state index in [4.69, 9.17) is 5.73 Å². The number of aryl methyl sites for hydroxylation is 2. The Balaban J connectivity index is 0.00000289. The highest BCUT2D eigenvalue weighted by atomic mass is 35.5. The standard InChI is InChI=1S/C27H31N3O.ClH/c1-20(28)24-8-5-9-25(17-24)23-12-14-30(15-13-23)27(31)26-16-22(18-29-19-26)11-10-21-6-3-2-4-7-21;/h2-9,16-20,23H,10-15,28H2,1H3;1H. The van der Waals surface area contributed by atoms with Gasteiger partial charge in [-0.15, -0.1) is 12.4 Å². The van der Waals surface area contributed by atoms with E-state index in [0.717, 1.165) is 44.3 Å². The number of halogens is 1. The highest BCUT2D eigenvalue weighted by molar-refractivity contribution is 5.94. The summed E-state index contributed by atoms with van der Waals surface area (Å²) in [5, 5.41) is 0. The number of hydrogen-bond acceptors (Lipinski definition) is 3. The molecule has 5 heteroatoms. The molecule has 1 aromatic heterocycles. The van der Waals surface area contributed by atoms with Crippen LogP contribution in [0.5, 0.6) is 0 Å². The van der Waals surface area contributed by atoms with Crippen molar-refractivity contribution in [1.29, 1.82) is 0 Å². The number of aromatic nitrogens is 1. The number of benzene rings is 2. The minimum Gasteiger partial charge on any atom is -0.339 e. The van der Waals surface area contributed by atoms with Crippen molar-refractivity contribution in [2.24, 2.45) is 5.73 Å². The molecule has 0 aliphatic carbocycles. The fourth-order valence-corrected chi connectivity index (χ4v) is 4.37. The van der Waals surface area contributed by atoms with Crippen LogP contribution in [0.25, 0.3) is 0 Å². The van der Waals surface area contributed by atoms with Crippen LogP contribution < -0.4 is 5.73 Å². The van der Waals surface area contributed by atoms with Crippen LogP contribution in [0.4, 0.5) is 0 Å². The minimum atomic E-state index is 0. The van der Waals surface area contributed by atoms with Gasteiger partial charge in [0.15, 0.2) is 0 Å². The molecule has 168 valence electrons. The first-order valence-electron chi connectivity index (χ1n) is 11.2. The molecule has 0 radical (unpaired) electrons. The summed E-state index contributed by atoms with van der Waals surface area (Å²) in [6.07, 6.45) is 7.37. The maximum atomic E-state index is 13.1. The number of piperidine rings is 1. The largest absolute Gasteiger partial charge is 0.339 e. The van der Waals surface area contributed by atoms with E-state index in [2.05, 4.69) is 53.5 Å². The molecule has 1 fully saturated rings. The van der Waals surface area contributed by atoms with Crippen LogP contribution in [0.1, 0.15) is 64.3 Å². The summed E-state index contributed by atoms with van der Waals surface area (Å²) in [7, 11) is 0. The van der Waals surface area contributed by atoms with Gasteiger partial charge in [-0.05, 0) is 66.8 Å². The van der Waals surface area contributed by atoms with E-state index in [-0.39, 0.29) is 24.4 Å². The highest BCUT2D eigenvalue weighted by Gasteiger charge is 2.25. The van der Waals surface area contributed by atoms with Crippen molar-refractivity contribution in [3.63, 3.8) is 0 Å². The second-order valence-corrected chi connectivity index (χ2v) is 8.59. The van der Waals surface area contributed by atoms with Crippen molar-refractivity contribution in [2.45, 2.75) is 44.6 Å². The van der Waals surface area contributed by atoms with Crippen molar-refractivity contribution in [3.8, 4) is 0 Å². The van der Waals surface area contributed by atoms with E-state index in [1.54, 1.807) is 6.20 Å². The van der Waals surface area contributed by atoms with Crippen LogP contribution >= 0.6 is 12.4 Å².